The van der Waals surface area contributed by atoms with Crippen LogP contribution in [0.1, 0.15) is 92.7 Å². The highest BCUT2D eigenvalue weighted by Gasteiger charge is 2.51. The van der Waals surface area contributed by atoms with Crippen molar-refractivity contribution in [1.29, 1.82) is 0 Å². The summed E-state index contributed by atoms with van der Waals surface area (Å²) in [5.41, 5.74) is 11.4. The maximum absolute atomic E-state index is 11.9. The predicted octanol–water partition coefficient (Wildman–Crippen LogP) is 13.3. The molecule has 1 atom stereocenters. The molecule has 0 amide bonds. The van der Waals surface area contributed by atoms with Gasteiger partial charge in [0.25, 0.3) is 0 Å². The van der Waals surface area contributed by atoms with Crippen molar-refractivity contribution >= 4 is 22.8 Å². The molecule has 0 bridgehead atoms. The molecule has 1 spiro atoms. The van der Waals surface area contributed by atoms with Crippen LogP contribution in [0.25, 0.3) is 39.1 Å². The molecule has 3 aliphatic rings. The summed E-state index contributed by atoms with van der Waals surface area (Å²) < 4.78 is 31.0. The second kappa shape index (κ2) is 16.2. The van der Waals surface area contributed by atoms with E-state index in [1.54, 1.807) is 21.1 Å². The Labute approximate surface area is 366 Å². The van der Waals surface area contributed by atoms with Gasteiger partial charge >= 0.3 is 5.97 Å². The Balaban J connectivity index is 1.26. The van der Waals surface area contributed by atoms with Crippen LogP contribution in [0.15, 0.2) is 127 Å². The number of rotatable bonds is 12. The molecule has 0 radical (unpaired) electrons. The number of ether oxygens (including phenoxy) is 5. The Morgan fingerprint density at radius 2 is 1.40 bits per heavy atom. The van der Waals surface area contributed by atoms with Gasteiger partial charge in [-0.05, 0) is 121 Å². The number of carbonyl (C=O) groups excluding carboxylic acids is 1. The number of methoxy groups -OCH3 is 2. The van der Waals surface area contributed by atoms with Crippen LogP contribution in [-0.4, -0.2) is 33.4 Å². The monoisotopic (exact) mass is 824 g/mol. The zero-order valence-electron chi connectivity index (χ0n) is 36.9. The van der Waals surface area contributed by atoms with Crippen LogP contribution < -0.4 is 18.9 Å². The second-order valence-electron chi connectivity index (χ2n) is 17.5. The summed E-state index contributed by atoms with van der Waals surface area (Å²) in [6.07, 6.45) is 11.5. The minimum absolute atomic E-state index is 0.127. The van der Waals surface area contributed by atoms with Crippen LogP contribution in [-0.2, 0) is 20.5 Å². The fourth-order valence-corrected chi connectivity index (χ4v) is 10.5. The van der Waals surface area contributed by atoms with E-state index in [4.69, 9.17) is 23.7 Å². The van der Waals surface area contributed by atoms with Gasteiger partial charge in [0.1, 0.15) is 36.2 Å². The van der Waals surface area contributed by atoms with Crippen LogP contribution >= 0.6 is 0 Å². The Morgan fingerprint density at radius 3 is 2.03 bits per heavy atom. The molecule has 6 heteroatoms. The lowest BCUT2D eigenvalue weighted by molar-refractivity contribution is -0.139. The molecule has 62 heavy (non-hydrogen) atoms. The van der Waals surface area contributed by atoms with Crippen LogP contribution in [0, 0.1) is 12.3 Å². The van der Waals surface area contributed by atoms with Gasteiger partial charge in [-0.25, -0.2) is 4.79 Å². The van der Waals surface area contributed by atoms with Gasteiger partial charge in [0.15, 0.2) is 5.60 Å². The smallest absolute Gasteiger partial charge is 0.333 e. The number of esters is 1. The molecule has 1 fully saturated rings. The SMILES string of the molecule is C=C(C)C(=O)OCCOc1ccc(C2(c3ccc(OC)cc3)C=Cc3c4c(c5cc(-c6ccc(C)cc6)c(OC)cc5c3O2)-c2ccccc2C42CCC(CC)(CC)CC2)cc1. The van der Waals surface area contributed by atoms with Crippen molar-refractivity contribution in [3.8, 4) is 45.3 Å². The van der Waals surface area contributed by atoms with Gasteiger partial charge in [-0.15, -0.1) is 0 Å². The van der Waals surface area contributed by atoms with Crippen molar-refractivity contribution in [2.75, 3.05) is 27.4 Å². The summed E-state index contributed by atoms with van der Waals surface area (Å²) in [5.74, 6) is 2.64. The number of hydrogen-bond acceptors (Lipinski definition) is 6. The summed E-state index contributed by atoms with van der Waals surface area (Å²) in [7, 11) is 3.45. The van der Waals surface area contributed by atoms with E-state index in [0.29, 0.717) is 16.7 Å². The lowest BCUT2D eigenvalue weighted by Gasteiger charge is -2.47. The fourth-order valence-electron chi connectivity index (χ4n) is 10.5. The van der Waals surface area contributed by atoms with Crippen molar-refractivity contribution < 1.29 is 28.5 Å². The van der Waals surface area contributed by atoms with Crippen LogP contribution in [0.5, 0.6) is 23.0 Å². The Bertz CT molecular complexity index is 2690. The van der Waals surface area contributed by atoms with Crippen LogP contribution in [0.2, 0.25) is 0 Å². The molecule has 2 aliphatic carbocycles. The highest BCUT2D eigenvalue weighted by Crippen LogP contribution is 2.65. The third-order valence-electron chi connectivity index (χ3n) is 14.3. The first-order chi connectivity index (χ1) is 30.1. The number of fused-ring (bicyclic) bond motifs is 10. The molecule has 316 valence electrons. The molecule has 6 nitrogen and oxygen atoms in total. The van der Waals surface area contributed by atoms with Crippen molar-refractivity contribution in [3.63, 3.8) is 0 Å². The minimum atomic E-state index is -1.01. The molecule has 9 rings (SSSR count). The second-order valence-corrected chi connectivity index (χ2v) is 17.5. The minimum Gasteiger partial charge on any atom is -0.497 e. The first-order valence-electron chi connectivity index (χ1n) is 22.1. The highest BCUT2D eigenvalue weighted by molar-refractivity contribution is 6.10. The molecule has 0 N–H and O–H groups in total. The standard InChI is InChI=1S/C56H56O6/c1-8-54(9-2)28-30-55(31-29-54)48-13-11-10-12-43(48)50-46-34-45(38-16-14-37(5)15-17-38)49(59-7)35-47(46)52-44(51(50)55)26-27-56(62-52,39-18-22-41(58-6)23-19-39)40-20-24-42(25-21-40)60-32-33-61-53(57)36(3)4/h10-27,34-35H,3,8-9,28-33H2,1-2,4-7H3. The maximum atomic E-state index is 11.9. The number of benzene rings is 6. The third-order valence-corrected chi connectivity index (χ3v) is 14.3. The van der Waals surface area contributed by atoms with Gasteiger partial charge in [-0.1, -0.05) is 118 Å². The summed E-state index contributed by atoms with van der Waals surface area (Å²) in [4.78, 5) is 11.9. The third kappa shape index (κ3) is 6.75. The van der Waals surface area contributed by atoms with E-state index >= 15 is 0 Å². The molecular formula is C56H56O6. The molecule has 1 saturated carbocycles. The van der Waals surface area contributed by atoms with Crippen molar-refractivity contribution in [2.24, 2.45) is 5.41 Å². The van der Waals surface area contributed by atoms with Gasteiger partial charge in [0.2, 0.25) is 0 Å². The Morgan fingerprint density at radius 1 is 0.742 bits per heavy atom. The normalized spacial score (nSPS) is 17.7. The van der Waals surface area contributed by atoms with Gasteiger partial charge in [0, 0.05) is 38.6 Å². The lowest BCUT2D eigenvalue weighted by Crippen LogP contribution is -2.38. The van der Waals surface area contributed by atoms with Gasteiger partial charge in [-0.3, -0.25) is 0 Å². The highest BCUT2D eigenvalue weighted by atomic mass is 16.6. The van der Waals surface area contributed by atoms with Gasteiger partial charge < -0.3 is 23.7 Å². The molecule has 1 aliphatic heterocycles. The zero-order valence-corrected chi connectivity index (χ0v) is 36.9. The van der Waals surface area contributed by atoms with E-state index in [9.17, 15) is 4.79 Å². The number of carbonyl (C=O) groups is 1. The fraction of sp³-hybridized carbons (Fsp3) is 0.304. The molecule has 1 heterocycles. The van der Waals surface area contributed by atoms with Crippen LogP contribution in [0.3, 0.4) is 0 Å². The number of aryl methyl sites for hydroxylation is 1. The molecule has 6 aromatic rings. The van der Waals surface area contributed by atoms with E-state index in [1.807, 2.05) is 24.3 Å². The molecular weight excluding hydrogens is 769 g/mol. The van der Waals surface area contributed by atoms with Gasteiger partial charge in [-0.2, -0.15) is 0 Å². The Kier molecular flexibility index (Phi) is 10.7. The van der Waals surface area contributed by atoms with Crippen molar-refractivity contribution in [3.05, 3.63) is 161 Å². The zero-order chi connectivity index (χ0) is 43.2. The largest absolute Gasteiger partial charge is 0.497 e. The van der Waals surface area contributed by atoms with E-state index in [1.165, 1.54) is 53.5 Å². The van der Waals surface area contributed by atoms with Crippen molar-refractivity contribution in [1.82, 2.24) is 0 Å². The Hall–Kier alpha value is -6.27. The quantitative estimate of drug-likeness (QED) is 0.0696. The average Bonchev–Trinajstić information content (AvgIpc) is 3.60. The molecule has 6 aromatic carbocycles. The predicted molar refractivity (Wildman–Crippen MR) is 250 cm³/mol. The van der Waals surface area contributed by atoms with E-state index in [-0.39, 0.29) is 18.6 Å². The lowest BCUT2D eigenvalue weighted by atomic mass is 9.58. The number of hydrogen-bond donors (Lipinski definition) is 0. The van der Waals surface area contributed by atoms with E-state index in [2.05, 4.69) is 124 Å². The van der Waals surface area contributed by atoms with E-state index < -0.39 is 11.6 Å². The molecule has 1 unspecified atom stereocenters. The van der Waals surface area contributed by atoms with Gasteiger partial charge in [0.05, 0.1) is 14.2 Å². The van der Waals surface area contributed by atoms with E-state index in [0.717, 1.165) is 68.7 Å². The first kappa shape index (κ1) is 41.1. The molecule has 0 saturated heterocycles. The average molecular weight is 825 g/mol. The summed E-state index contributed by atoms with van der Waals surface area (Å²) in [6.45, 7) is 12.5. The summed E-state index contributed by atoms with van der Waals surface area (Å²) in [6, 6.07) is 38.6. The van der Waals surface area contributed by atoms with Crippen LogP contribution in [0.4, 0.5) is 0 Å². The summed E-state index contributed by atoms with van der Waals surface area (Å²) in [5, 5.41) is 2.18. The topological polar surface area (TPSA) is 63.2 Å². The maximum Gasteiger partial charge on any atom is 0.333 e. The summed E-state index contributed by atoms with van der Waals surface area (Å²) >= 11 is 0. The first-order valence-corrected chi connectivity index (χ1v) is 22.1. The molecule has 0 aromatic heterocycles. The van der Waals surface area contributed by atoms with Crippen molar-refractivity contribution in [2.45, 2.75) is 77.2 Å².